The molecule has 210 valence electrons. The highest BCUT2D eigenvalue weighted by Gasteiger charge is 2.38. The first-order valence-electron chi connectivity index (χ1n) is 14.0. The van der Waals surface area contributed by atoms with Crippen LogP contribution in [0.4, 0.5) is 5.82 Å². The molecule has 10 heteroatoms. The molecule has 2 fully saturated rings. The molecular formula is C31H31N5O4S. The van der Waals surface area contributed by atoms with Crippen molar-refractivity contribution in [3.05, 3.63) is 77.5 Å². The molecule has 1 saturated carbocycles. The predicted octanol–water partition coefficient (Wildman–Crippen LogP) is 5.56. The minimum absolute atomic E-state index is 0.408. The zero-order chi connectivity index (χ0) is 28.3. The summed E-state index contributed by atoms with van der Waals surface area (Å²) in [6.07, 6.45) is 4.45. The van der Waals surface area contributed by atoms with Gasteiger partial charge < -0.3 is 9.30 Å². The Kier molecular flexibility index (Phi) is 6.11. The van der Waals surface area contributed by atoms with Crippen LogP contribution < -0.4 is 9.04 Å². The van der Waals surface area contributed by atoms with Crippen molar-refractivity contribution in [2.45, 2.75) is 44.4 Å². The van der Waals surface area contributed by atoms with Crippen molar-refractivity contribution in [1.82, 2.24) is 18.9 Å². The number of rotatable bonds is 7. The molecule has 0 spiro atoms. The second-order valence-corrected chi connectivity index (χ2v) is 13.1. The minimum Gasteiger partial charge on any atom is -0.482 e. The Labute approximate surface area is 238 Å². The first-order valence-corrected chi connectivity index (χ1v) is 15.5. The first kappa shape index (κ1) is 25.8. The van der Waals surface area contributed by atoms with E-state index in [2.05, 4.69) is 10.6 Å². The number of aldehydes is 1. The van der Waals surface area contributed by atoms with E-state index < -0.39 is 15.3 Å². The van der Waals surface area contributed by atoms with Gasteiger partial charge in [0.15, 0.2) is 5.88 Å². The van der Waals surface area contributed by atoms with Crippen LogP contribution in [0.5, 0.6) is 5.88 Å². The summed E-state index contributed by atoms with van der Waals surface area (Å²) >= 11 is 0. The van der Waals surface area contributed by atoms with Crippen molar-refractivity contribution in [2.75, 3.05) is 18.0 Å². The van der Waals surface area contributed by atoms with Gasteiger partial charge in [-0.3, -0.25) is 13.5 Å². The average Bonchev–Trinajstić information content (AvgIpc) is 3.66. The SMILES string of the molecule is COc1cc(C=O)cc2nc(-c3cc4ccc(N5CCCC(c6ccccc6)S5(=O)=O)nc4n3CC3CC3)c(C)n12. The molecule has 2 aliphatic rings. The molecule has 1 aromatic carbocycles. The molecule has 0 radical (unpaired) electrons. The number of pyridine rings is 2. The molecule has 1 aliphatic heterocycles. The smallest absolute Gasteiger partial charge is 0.243 e. The Bertz CT molecular complexity index is 1910. The van der Waals surface area contributed by atoms with Crippen molar-refractivity contribution >= 4 is 38.8 Å². The van der Waals surface area contributed by atoms with Gasteiger partial charge in [-0.15, -0.1) is 0 Å². The lowest BCUT2D eigenvalue weighted by molar-refractivity contribution is 0.112. The van der Waals surface area contributed by atoms with Crippen LogP contribution in [0.2, 0.25) is 0 Å². The molecule has 1 saturated heterocycles. The summed E-state index contributed by atoms with van der Waals surface area (Å²) in [6.45, 7) is 3.17. The van der Waals surface area contributed by atoms with Crippen molar-refractivity contribution in [3.63, 3.8) is 0 Å². The van der Waals surface area contributed by atoms with E-state index in [1.807, 2.05) is 53.8 Å². The zero-order valence-electron chi connectivity index (χ0n) is 23.0. The van der Waals surface area contributed by atoms with Gasteiger partial charge in [-0.2, -0.15) is 0 Å². The van der Waals surface area contributed by atoms with E-state index in [9.17, 15) is 13.2 Å². The number of benzene rings is 1. The number of nitrogens with zero attached hydrogens (tertiary/aromatic N) is 5. The third-order valence-electron chi connectivity index (χ3n) is 8.32. The zero-order valence-corrected chi connectivity index (χ0v) is 23.8. The third kappa shape index (κ3) is 4.28. The quantitative estimate of drug-likeness (QED) is 0.238. The molecule has 0 bridgehead atoms. The Hall–Kier alpha value is -4.18. The predicted molar refractivity (Wildman–Crippen MR) is 158 cm³/mol. The number of hydrogen-bond donors (Lipinski definition) is 0. The summed E-state index contributed by atoms with van der Waals surface area (Å²) in [5.74, 6) is 1.53. The van der Waals surface area contributed by atoms with Crippen LogP contribution in [-0.2, 0) is 16.6 Å². The van der Waals surface area contributed by atoms with Gasteiger partial charge in [-0.05, 0) is 68.4 Å². The molecule has 5 aromatic rings. The number of hydrogen-bond acceptors (Lipinski definition) is 6. The summed E-state index contributed by atoms with van der Waals surface area (Å²) in [7, 11) is -2.06. The molecule has 0 amide bonds. The summed E-state index contributed by atoms with van der Waals surface area (Å²) in [4.78, 5) is 21.5. The number of aromatic nitrogens is 4. The van der Waals surface area contributed by atoms with Gasteiger partial charge in [0.1, 0.15) is 34.3 Å². The number of ether oxygens (including phenoxy) is 1. The van der Waals surface area contributed by atoms with Crippen LogP contribution in [0.1, 0.15) is 52.5 Å². The highest BCUT2D eigenvalue weighted by Crippen LogP contribution is 2.40. The summed E-state index contributed by atoms with van der Waals surface area (Å²) < 4.78 is 38.8. The maximum absolute atomic E-state index is 13.8. The van der Waals surface area contributed by atoms with Crippen LogP contribution in [0.15, 0.2) is 60.7 Å². The topological polar surface area (TPSA) is 98.8 Å². The first-order chi connectivity index (χ1) is 19.9. The standard InChI is InChI=1S/C31H31N5O4S/c1-20-30(32-28-15-22(19-37)16-29(40-2)36(20)28)25-17-24-12-13-27(33-31(24)34(25)18-21-10-11-21)35-14-6-9-26(41(35,38)39)23-7-4-3-5-8-23/h3-5,7-8,12-13,15-17,19,21,26H,6,9-11,14,18H2,1-2H3. The maximum atomic E-state index is 13.8. The molecule has 41 heavy (non-hydrogen) atoms. The number of imidazole rings is 1. The number of methoxy groups -OCH3 is 1. The molecule has 9 nitrogen and oxygen atoms in total. The van der Waals surface area contributed by atoms with Crippen LogP contribution in [0, 0.1) is 12.8 Å². The van der Waals surface area contributed by atoms with Gasteiger partial charge in [0.05, 0.1) is 18.5 Å². The number of aryl methyl sites for hydroxylation is 1. The second kappa shape index (κ2) is 9.73. The lowest BCUT2D eigenvalue weighted by atomic mass is 10.1. The highest BCUT2D eigenvalue weighted by atomic mass is 32.2. The molecule has 5 heterocycles. The maximum Gasteiger partial charge on any atom is 0.243 e. The Morgan fingerprint density at radius 3 is 2.56 bits per heavy atom. The van der Waals surface area contributed by atoms with E-state index in [1.165, 1.54) is 4.31 Å². The lowest BCUT2D eigenvalue weighted by Gasteiger charge is -2.33. The van der Waals surface area contributed by atoms with Crippen LogP contribution in [0.3, 0.4) is 0 Å². The normalized spacial score (nSPS) is 18.7. The molecule has 1 atom stereocenters. The van der Waals surface area contributed by atoms with E-state index in [0.717, 1.165) is 65.8 Å². The number of anilines is 1. The molecule has 0 N–H and O–H groups in total. The van der Waals surface area contributed by atoms with Crippen molar-refractivity contribution in [1.29, 1.82) is 0 Å². The third-order valence-corrected chi connectivity index (χ3v) is 10.5. The van der Waals surface area contributed by atoms with Gasteiger partial charge in [-0.25, -0.2) is 18.4 Å². The van der Waals surface area contributed by atoms with E-state index in [1.54, 1.807) is 19.2 Å². The van der Waals surface area contributed by atoms with Gasteiger partial charge in [0.25, 0.3) is 0 Å². The average molecular weight is 570 g/mol. The summed E-state index contributed by atoms with van der Waals surface area (Å²) in [5.41, 5.74) is 5.26. The number of fused-ring (bicyclic) bond motifs is 2. The monoisotopic (exact) mass is 569 g/mol. The van der Waals surface area contributed by atoms with Gasteiger partial charge in [0, 0.05) is 30.1 Å². The lowest BCUT2D eigenvalue weighted by Crippen LogP contribution is -2.40. The van der Waals surface area contributed by atoms with Gasteiger partial charge in [0.2, 0.25) is 10.0 Å². The molecule has 4 aromatic heterocycles. The Morgan fingerprint density at radius 1 is 1.02 bits per heavy atom. The Balaban J connectivity index is 1.36. The van der Waals surface area contributed by atoms with E-state index in [4.69, 9.17) is 14.7 Å². The van der Waals surface area contributed by atoms with Crippen LogP contribution in [-0.4, -0.2) is 47.3 Å². The second-order valence-electron chi connectivity index (χ2n) is 11.0. The fraction of sp³-hybridized carbons (Fsp3) is 0.323. The van der Waals surface area contributed by atoms with Crippen molar-refractivity contribution < 1.29 is 17.9 Å². The fourth-order valence-corrected chi connectivity index (χ4v) is 8.07. The van der Waals surface area contributed by atoms with Crippen molar-refractivity contribution in [3.8, 4) is 17.3 Å². The number of carbonyl (C=O) groups excluding carboxylic acids is 1. The van der Waals surface area contributed by atoms with E-state index >= 15 is 0 Å². The fourth-order valence-electron chi connectivity index (χ4n) is 6.05. The van der Waals surface area contributed by atoms with E-state index in [0.29, 0.717) is 41.8 Å². The van der Waals surface area contributed by atoms with E-state index in [-0.39, 0.29) is 0 Å². The largest absolute Gasteiger partial charge is 0.482 e. The van der Waals surface area contributed by atoms with Gasteiger partial charge in [-0.1, -0.05) is 30.3 Å². The molecule has 1 aliphatic carbocycles. The minimum atomic E-state index is -3.64. The molecule has 7 rings (SSSR count). The van der Waals surface area contributed by atoms with Crippen LogP contribution in [0.25, 0.3) is 28.1 Å². The number of carbonyl (C=O) groups is 1. The molecular weight excluding hydrogens is 538 g/mol. The van der Waals surface area contributed by atoms with Crippen LogP contribution >= 0.6 is 0 Å². The highest BCUT2D eigenvalue weighted by molar-refractivity contribution is 7.93. The summed E-state index contributed by atoms with van der Waals surface area (Å²) in [6, 6.07) is 18.8. The molecule has 1 unspecified atom stereocenters. The van der Waals surface area contributed by atoms with Crippen molar-refractivity contribution in [2.24, 2.45) is 5.92 Å². The Morgan fingerprint density at radius 2 is 1.83 bits per heavy atom. The summed E-state index contributed by atoms with van der Waals surface area (Å²) in [5, 5.41) is 0.339. The number of sulfonamides is 1. The van der Waals surface area contributed by atoms with Gasteiger partial charge >= 0.3 is 0 Å².